The molecule has 0 unspecified atom stereocenters. The van der Waals surface area contributed by atoms with Gasteiger partial charge in [-0.1, -0.05) is 91.0 Å². The lowest BCUT2D eigenvalue weighted by Gasteiger charge is -2.11. The summed E-state index contributed by atoms with van der Waals surface area (Å²) in [4.78, 5) is 23.3. The normalized spacial score (nSPS) is 11.3. The standard InChI is InChI=1S/C33H21N3O2/c37-33(36-27-16-9-15-25-24-14-7-8-17-29(24)38-32(25)27)23-18-19-26-28(20-23)35-31(22-12-5-2-6-13-22)30(34-26)21-10-3-1-4-11-21/h1-20H,(H,36,37). The van der Waals surface area contributed by atoms with E-state index in [4.69, 9.17) is 14.4 Å². The number of nitrogens with zero attached hydrogens (tertiary/aromatic N) is 2. The van der Waals surface area contributed by atoms with Crippen LogP contribution in [0.2, 0.25) is 0 Å². The number of fused-ring (bicyclic) bond motifs is 4. The average molecular weight is 492 g/mol. The van der Waals surface area contributed by atoms with E-state index in [0.29, 0.717) is 22.4 Å². The van der Waals surface area contributed by atoms with Crippen molar-refractivity contribution in [2.45, 2.75) is 0 Å². The predicted octanol–water partition coefficient (Wildman–Crippen LogP) is 8.12. The van der Waals surface area contributed by atoms with Crippen molar-refractivity contribution in [1.29, 1.82) is 0 Å². The van der Waals surface area contributed by atoms with Gasteiger partial charge < -0.3 is 9.73 Å². The maximum Gasteiger partial charge on any atom is 0.255 e. The fourth-order valence-corrected chi connectivity index (χ4v) is 4.83. The van der Waals surface area contributed by atoms with Crippen molar-refractivity contribution >= 4 is 44.6 Å². The molecule has 0 aliphatic heterocycles. The number of amides is 1. The molecule has 5 aromatic carbocycles. The highest BCUT2D eigenvalue weighted by atomic mass is 16.3. The molecule has 0 atom stereocenters. The lowest BCUT2D eigenvalue weighted by molar-refractivity contribution is 0.102. The van der Waals surface area contributed by atoms with Crippen LogP contribution in [-0.4, -0.2) is 15.9 Å². The van der Waals surface area contributed by atoms with Gasteiger partial charge in [0.1, 0.15) is 5.58 Å². The number of benzene rings is 5. The molecule has 0 radical (unpaired) electrons. The number of carbonyl (C=O) groups is 1. The molecule has 2 heterocycles. The van der Waals surface area contributed by atoms with E-state index < -0.39 is 0 Å². The molecule has 5 heteroatoms. The molecular formula is C33H21N3O2. The molecule has 1 N–H and O–H groups in total. The number of para-hydroxylation sites is 2. The second kappa shape index (κ2) is 8.98. The van der Waals surface area contributed by atoms with E-state index in [9.17, 15) is 4.79 Å². The first-order chi connectivity index (χ1) is 18.7. The Hall–Kier alpha value is -5.29. The van der Waals surface area contributed by atoms with Crippen LogP contribution in [0.5, 0.6) is 0 Å². The first-order valence-electron chi connectivity index (χ1n) is 12.4. The van der Waals surface area contributed by atoms with Gasteiger partial charge in [0, 0.05) is 27.5 Å². The summed E-state index contributed by atoms with van der Waals surface area (Å²) < 4.78 is 6.07. The molecule has 38 heavy (non-hydrogen) atoms. The van der Waals surface area contributed by atoms with Gasteiger partial charge in [-0.25, -0.2) is 9.97 Å². The van der Waals surface area contributed by atoms with Crippen LogP contribution in [0.3, 0.4) is 0 Å². The van der Waals surface area contributed by atoms with Crippen LogP contribution >= 0.6 is 0 Å². The Morgan fingerprint density at radius 3 is 1.97 bits per heavy atom. The highest BCUT2D eigenvalue weighted by Crippen LogP contribution is 2.34. The molecule has 180 valence electrons. The third kappa shape index (κ3) is 3.78. The summed E-state index contributed by atoms with van der Waals surface area (Å²) in [6.07, 6.45) is 0. The number of carbonyl (C=O) groups excluding carboxylic acids is 1. The monoisotopic (exact) mass is 491 g/mol. The van der Waals surface area contributed by atoms with E-state index in [1.54, 1.807) is 12.1 Å². The van der Waals surface area contributed by atoms with Gasteiger partial charge >= 0.3 is 0 Å². The van der Waals surface area contributed by atoms with Crippen LogP contribution in [0.25, 0.3) is 55.5 Å². The SMILES string of the molecule is O=C(Nc1cccc2c1oc1ccccc12)c1ccc2nc(-c3ccccc3)c(-c3ccccc3)nc2c1. The minimum absolute atomic E-state index is 0.241. The van der Waals surface area contributed by atoms with E-state index in [1.165, 1.54) is 0 Å². The van der Waals surface area contributed by atoms with Gasteiger partial charge in [0.25, 0.3) is 5.91 Å². The van der Waals surface area contributed by atoms with Gasteiger partial charge in [0.05, 0.1) is 28.1 Å². The minimum atomic E-state index is -0.241. The average Bonchev–Trinajstić information content (AvgIpc) is 3.37. The molecular weight excluding hydrogens is 470 g/mol. The Labute approximate surface area is 218 Å². The third-order valence-corrected chi connectivity index (χ3v) is 6.67. The number of rotatable bonds is 4. The molecule has 7 aromatic rings. The summed E-state index contributed by atoms with van der Waals surface area (Å²) in [6.45, 7) is 0. The summed E-state index contributed by atoms with van der Waals surface area (Å²) in [7, 11) is 0. The van der Waals surface area contributed by atoms with Crippen molar-refractivity contribution < 1.29 is 9.21 Å². The summed E-state index contributed by atoms with van der Waals surface area (Å²) >= 11 is 0. The highest BCUT2D eigenvalue weighted by molar-refractivity contribution is 6.14. The predicted molar refractivity (Wildman–Crippen MR) is 152 cm³/mol. The lowest BCUT2D eigenvalue weighted by Crippen LogP contribution is -2.12. The number of hydrogen-bond donors (Lipinski definition) is 1. The van der Waals surface area contributed by atoms with Crippen LogP contribution < -0.4 is 5.32 Å². The second-order valence-electron chi connectivity index (χ2n) is 9.09. The van der Waals surface area contributed by atoms with Crippen LogP contribution in [-0.2, 0) is 0 Å². The molecule has 0 saturated carbocycles. The fourth-order valence-electron chi connectivity index (χ4n) is 4.83. The molecule has 5 nitrogen and oxygen atoms in total. The number of furan rings is 1. The molecule has 0 aliphatic rings. The van der Waals surface area contributed by atoms with E-state index in [-0.39, 0.29) is 5.91 Å². The summed E-state index contributed by atoms with van der Waals surface area (Å²) in [5, 5.41) is 5.01. The summed E-state index contributed by atoms with van der Waals surface area (Å²) in [5.74, 6) is -0.241. The van der Waals surface area contributed by atoms with Crippen LogP contribution in [0, 0.1) is 0 Å². The van der Waals surface area contributed by atoms with Crippen molar-refractivity contribution in [3.05, 3.63) is 127 Å². The van der Waals surface area contributed by atoms with E-state index >= 15 is 0 Å². The maximum atomic E-state index is 13.4. The smallest absolute Gasteiger partial charge is 0.255 e. The Bertz CT molecular complexity index is 1960. The molecule has 2 aromatic heterocycles. The molecule has 0 bridgehead atoms. The third-order valence-electron chi connectivity index (χ3n) is 6.67. The molecule has 0 aliphatic carbocycles. The summed E-state index contributed by atoms with van der Waals surface area (Å²) in [5.41, 5.74) is 7.46. The molecule has 0 fully saturated rings. The maximum absolute atomic E-state index is 13.4. The van der Waals surface area contributed by atoms with Crippen molar-refractivity contribution in [2.24, 2.45) is 0 Å². The zero-order valence-electron chi connectivity index (χ0n) is 20.3. The number of nitrogens with one attached hydrogen (secondary N) is 1. The van der Waals surface area contributed by atoms with E-state index in [2.05, 4.69) is 5.32 Å². The highest BCUT2D eigenvalue weighted by Gasteiger charge is 2.16. The molecule has 1 amide bonds. The Morgan fingerprint density at radius 1 is 0.605 bits per heavy atom. The second-order valence-corrected chi connectivity index (χ2v) is 9.09. The van der Waals surface area contributed by atoms with E-state index in [1.807, 2.05) is 109 Å². The largest absolute Gasteiger partial charge is 0.454 e. The Kier molecular flexibility index (Phi) is 5.19. The first-order valence-corrected chi connectivity index (χ1v) is 12.4. The van der Waals surface area contributed by atoms with Gasteiger partial charge in [0.15, 0.2) is 5.58 Å². The van der Waals surface area contributed by atoms with Gasteiger partial charge in [-0.05, 0) is 30.3 Å². The Balaban J connectivity index is 1.30. The van der Waals surface area contributed by atoms with Crippen LogP contribution in [0.1, 0.15) is 10.4 Å². The first kappa shape index (κ1) is 21.9. The van der Waals surface area contributed by atoms with Crippen LogP contribution in [0.15, 0.2) is 126 Å². The van der Waals surface area contributed by atoms with Gasteiger partial charge in [-0.15, -0.1) is 0 Å². The zero-order chi connectivity index (χ0) is 25.5. The molecule has 0 saturated heterocycles. The van der Waals surface area contributed by atoms with Crippen LogP contribution in [0.4, 0.5) is 5.69 Å². The van der Waals surface area contributed by atoms with Gasteiger partial charge in [-0.3, -0.25) is 4.79 Å². The molecule has 7 rings (SSSR count). The lowest BCUT2D eigenvalue weighted by atomic mass is 10.0. The van der Waals surface area contributed by atoms with Gasteiger partial charge in [-0.2, -0.15) is 0 Å². The number of hydrogen-bond acceptors (Lipinski definition) is 4. The van der Waals surface area contributed by atoms with Crippen molar-refractivity contribution in [2.75, 3.05) is 5.32 Å². The Morgan fingerprint density at radius 2 is 1.24 bits per heavy atom. The van der Waals surface area contributed by atoms with Crippen molar-refractivity contribution in [1.82, 2.24) is 9.97 Å². The minimum Gasteiger partial charge on any atom is -0.454 e. The topological polar surface area (TPSA) is 68.0 Å². The van der Waals surface area contributed by atoms with Crippen molar-refractivity contribution in [3.63, 3.8) is 0 Å². The number of anilines is 1. The van der Waals surface area contributed by atoms with Gasteiger partial charge in [0.2, 0.25) is 0 Å². The van der Waals surface area contributed by atoms with Crippen molar-refractivity contribution in [3.8, 4) is 22.5 Å². The quantitative estimate of drug-likeness (QED) is 0.270. The zero-order valence-corrected chi connectivity index (χ0v) is 20.3. The summed E-state index contributed by atoms with van der Waals surface area (Å²) in [6, 6.07) is 39.1. The number of aromatic nitrogens is 2. The van der Waals surface area contributed by atoms with E-state index in [0.717, 1.165) is 44.4 Å². The fraction of sp³-hybridized carbons (Fsp3) is 0. The molecule has 0 spiro atoms.